The first kappa shape index (κ1) is 19.4. The number of hydrogen-bond acceptors (Lipinski definition) is 5. The first-order valence-corrected chi connectivity index (χ1v) is 11.5. The Morgan fingerprint density at radius 3 is 2.10 bits per heavy atom. The molecule has 4 rings (SSSR count). The highest BCUT2D eigenvalue weighted by atomic mass is 32.2. The van der Waals surface area contributed by atoms with Crippen molar-refractivity contribution in [3.8, 4) is 0 Å². The second kappa shape index (κ2) is 7.87. The van der Waals surface area contributed by atoms with Gasteiger partial charge < -0.3 is 4.90 Å². The van der Waals surface area contributed by atoms with Gasteiger partial charge in [0.2, 0.25) is 11.8 Å². The average Bonchev–Trinajstić information content (AvgIpc) is 3.29. The lowest BCUT2D eigenvalue weighted by molar-refractivity contribution is -0.130. The first-order chi connectivity index (χ1) is 13.9. The maximum atomic E-state index is 13.0. The van der Waals surface area contributed by atoms with Crippen LogP contribution in [0.1, 0.15) is 12.8 Å². The molecule has 8 heteroatoms. The van der Waals surface area contributed by atoms with E-state index in [2.05, 4.69) is 5.43 Å². The van der Waals surface area contributed by atoms with Gasteiger partial charge in [-0.1, -0.05) is 36.4 Å². The van der Waals surface area contributed by atoms with E-state index in [-0.39, 0.29) is 42.3 Å². The van der Waals surface area contributed by atoms with E-state index in [0.717, 1.165) is 11.4 Å². The van der Waals surface area contributed by atoms with E-state index in [4.69, 9.17) is 0 Å². The normalized spacial score (nSPS) is 23.2. The summed E-state index contributed by atoms with van der Waals surface area (Å²) in [6, 6.07) is 18.6. The molecule has 2 heterocycles. The molecule has 0 saturated carbocycles. The number of carbonyl (C=O) groups is 2. The quantitative estimate of drug-likeness (QED) is 0.757. The van der Waals surface area contributed by atoms with Crippen molar-refractivity contribution in [1.29, 1.82) is 0 Å². The average molecular weight is 413 g/mol. The molecule has 1 N–H and O–H groups in total. The van der Waals surface area contributed by atoms with Crippen LogP contribution in [-0.2, 0) is 19.4 Å². The molecule has 0 radical (unpaired) electrons. The second-order valence-corrected chi connectivity index (χ2v) is 9.72. The first-order valence-electron chi connectivity index (χ1n) is 9.63. The van der Waals surface area contributed by atoms with Crippen molar-refractivity contribution in [2.75, 3.05) is 23.1 Å². The van der Waals surface area contributed by atoms with Gasteiger partial charge in [0.05, 0.1) is 28.8 Å². The fourth-order valence-electron chi connectivity index (χ4n) is 3.92. The number of nitrogens with zero attached hydrogens (tertiary/aromatic N) is 2. The number of para-hydroxylation sites is 2. The fourth-order valence-corrected chi connectivity index (χ4v) is 5.65. The number of anilines is 2. The maximum absolute atomic E-state index is 13.0. The molecule has 2 amide bonds. The van der Waals surface area contributed by atoms with Gasteiger partial charge in [-0.15, -0.1) is 0 Å². The molecule has 2 aliphatic heterocycles. The molecule has 2 unspecified atom stereocenters. The van der Waals surface area contributed by atoms with Gasteiger partial charge in [-0.3, -0.25) is 20.0 Å². The van der Waals surface area contributed by atoms with Crippen LogP contribution >= 0.6 is 0 Å². The van der Waals surface area contributed by atoms with Crippen molar-refractivity contribution in [3.05, 3.63) is 60.7 Å². The number of benzene rings is 2. The predicted molar refractivity (Wildman–Crippen MR) is 110 cm³/mol. The van der Waals surface area contributed by atoms with E-state index < -0.39 is 15.8 Å². The molecule has 0 bridgehead atoms. The van der Waals surface area contributed by atoms with Crippen molar-refractivity contribution in [1.82, 2.24) is 10.3 Å². The number of nitrogens with one attached hydrogen (secondary N) is 1. The van der Waals surface area contributed by atoms with E-state index >= 15 is 0 Å². The SMILES string of the molecule is O=C(NN(c1ccccc1)c1ccccc1)C1CC(=O)N(C2CCS(=O)(=O)C2)C1. The molecular formula is C21H23N3O4S. The minimum Gasteiger partial charge on any atom is -0.338 e. The van der Waals surface area contributed by atoms with Crippen LogP contribution in [0.25, 0.3) is 0 Å². The van der Waals surface area contributed by atoms with Crippen molar-refractivity contribution in [2.24, 2.45) is 5.92 Å². The summed E-state index contributed by atoms with van der Waals surface area (Å²) in [5, 5.41) is 1.70. The molecular weight excluding hydrogens is 390 g/mol. The third kappa shape index (κ3) is 4.27. The van der Waals surface area contributed by atoms with E-state index in [1.165, 1.54) is 0 Å². The van der Waals surface area contributed by atoms with Crippen molar-refractivity contribution >= 4 is 33.0 Å². The molecule has 0 spiro atoms. The molecule has 2 saturated heterocycles. The van der Waals surface area contributed by atoms with E-state index in [1.807, 2.05) is 60.7 Å². The monoisotopic (exact) mass is 413 g/mol. The molecule has 7 nitrogen and oxygen atoms in total. The molecule has 2 atom stereocenters. The second-order valence-electron chi connectivity index (χ2n) is 7.49. The van der Waals surface area contributed by atoms with E-state index in [0.29, 0.717) is 6.42 Å². The lowest BCUT2D eigenvalue weighted by atomic mass is 10.1. The Bertz CT molecular complexity index is 956. The minimum absolute atomic E-state index is 0.00671. The Morgan fingerprint density at radius 2 is 1.59 bits per heavy atom. The van der Waals surface area contributed by atoms with E-state index in [9.17, 15) is 18.0 Å². The Labute approximate surface area is 170 Å². The van der Waals surface area contributed by atoms with Gasteiger partial charge in [-0.2, -0.15) is 0 Å². The summed E-state index contributed by atoms with van der Waals surface area (Å²) in [6.07, 6.45) is 0.544. The number of hydrazine groups is 1. The Hall–Kier alpha value is -2.87. The van der Waals surface area contributed by atoms with Crippen LogP contribution in [0.5, 0.6) is 0 Å². The smallest absolute Gasteiger partial charge is 0.244 e. The van der Waals surface area contributed by atoms with Crippen molar-refractivity contribution < 1.29 is 18.0 Å². The summed E-state index contributed by atoms with van der Waals surface area (Å²) in [7, 11) is -3.09. The van der Waals surface area contributed by atoms with Crippen molar-refractivity contribution in [2.45, 2.75) is 18.9 Å². The van der Waals surface area contributed by atoms with Gasteiger partial charge in [0.15, 0.2) is 9.84 Å². The van der Waals surface area contributed by atoms with Gasteiger partial charge in [0.25, 0.3) is 0 Å². The minimum atomic E-state index is -3.09. The van der Waals surface area contributed by atoms with Gasteiger partial charge >= 0.3 is 0 Å². The summed E-state index contributed by atoms with van der Waals surface area (Å²) in [6.45, 7) is 0.252. The zero-order valence-corrected chi connectivity index (χ0v) is 16.7. The summed E-state index contributed by atoms with van der Waals surface area (Å²) < 4.78 is 23.5. The number of carbonyl (C=O) groups excluding carboxylic acids is 2. The van der Waals surface area contributed by atoms with Crippen LogP contribution in [0.2, 0.25) is 0 Å². The van der Waals surface area contributed by atoms with Crippen LogP contribution in [-0.4, -0.2) is 49.2 Å². The highest BCUT2D eigenvalue weighted by Gasteiger charge is 2.42. The zero-order chi connectivity index (χ0) is 20.4. The maximum Gasteiger partial charge on any atom is 0.244 e. The predicted octanol–water partition coefficient (Wildman–Crippen LogP) is 1.89. The lowest BCUT2D eigenvalue weighted by Crippen LogP contribution is -2.44. The topological polar surface area (TPSA) is 86.8 Å². The molecule has 152 valence electrons. The Morgan fingerprint density at radius 1 is 1.00 bits per heavy atom. The van der Waals surface area contributed by atoms with Gasteiger partial charge in [-0.25, -0.2) is 8.42 Å². The molecule has 2 aromatic rings. The number of rotatable bonds is 5. The summed E-state index contributed by atoms with van der Waals surface area (Å²) in [5.41, 5.74) is 4.54. The largest absolute Gasteiger partial charge is 0.338 e. The molecule has 0 aromatic heterocycles. The molecule has 0 aliphatic carbocycles. The van der Waals surface area contributed by atoms with Gasteiger partial charge in [0, 0.05) is 19.0 Å². The Balaban J connectivity index is 1.49. The van der Waals surface area contributed by atoms with Crippen LogP contribution in [0.15, 0.2) is 60.7 Å². The zero-order valence-electron chi connectivity index (χ0n) is 15.9. The van der Waals surface area contributed by atoms with Crippen LogP contribution in [0, 0.1) is 5.92 Å². The third-order valence-corrected chi connectivity index (χ3v) is 7.18. The number of amides is 2. The molecule has 29 heavy (non-hydrogen) atoms. The lowest BCUT2D eigenvalue weighted by Gasteiger charge is -2.27. The van der Waals surface area contributed by atoms with Crippen LogP contribution in [0.4, 0.5) is 11.4 Å². The summed E-state index contributed by atoms with van der Waals surface area (Å²) >= 11 is 0. The summed E-state index contributed by atoms with van der Waals surface area (Å²) in [5.74, 6) is -0.824. The van der Waals surface area contributed by atoms with Crippen LogP contribution in [0.3, 0.4) is 0 Å². The highest BCUT2D eigenvalue weighted by molar-refractivity contribution is 7.91. The van der Waals surface area contributed by atoms with Crippen LogP contribution < -0.4 is 10.4 Å². The number of sulfone groups is 1. The van der Waals surface area contributed by atoms with E-state index in [1.54, 1.807) is 9.91 Å². The standard InChI is InChI=1S/C21H23N3O4S/c25-20-13-16(14-23(20)19-11-12-29(27,28)15-19)21(26)22-24(17-7-3-1-4-8-17)18-9-5-2-6-10-18/h1-10,16,19H,11-15H2,(H,22,26). The third-order valence-electron chi connectivity index (χ3n) is 5.43. The number of hydrogen-bond donors (Lipinski definition) is 1. The Kier molecular flexibility index (Phi) is 5.27. The molecule has 2 aliphatic rings. The molecule has 2 aromatic carbocycles. The molecule has 2 fully saturated rings. The summed E-state index contributed by atoms with van der Waals surface area (Å²) in [4.78, 5) is 27.0. The van der Waals surface area contributed by atoms with Gasteiger partial charge in [0.1, 0.15) is 0 Å². The van der Waals surface area contributed by atoms with Gasteiger partial charge in [-0.05, 0) is 30.7 Å². The highest BCUT2D eigenvalue weighted by Crippen LogP contribution is 2.28. The number of likely N-dealkylation sites (tertiary alicyclic amines) is 1. The van der Waals surface area contributed by atoms with Crippen molar-refractivity contribution in [3.63, 3.8) is 0 Å². The fraction of sp³-hybridized carbons (Fsp3) is 0.333.